The number of carboxylic acids is 1. The lowest BCUT2D eigenvalue weighted by atomic mass is 9.77. The molecule has 0 radical (unpaired) electrons. The number of carboxylic acid groups (broad SMARTS) is 1. The third kappa shape index (κ3) is 4.61. The standard InChI is InChI=1S/C28H36ClNO3/c1-17-6-10-24(11-7-17)33-26-13-9-20-14-19(8-12-25(20)27(26)29)18(2)30-22-4-3-5-23(30)16-21(15-22)28(31)32/h8-9,12-14,17-18,21-24H,3-7,10-11,15-16H2,1-2H3,(H,31,32). The third-order valence-electron chi connectivity index (χ3n) is 8.51. The van der Waals surface area contributed by atoms with Crippen molar-refractivity contribution in [2.45, 2.75) is 95.9 Å². The molecule has 178 valence electrons. The van der Waals surface area contributed by atoms with Crippen molar-refractivity contribution >= 4 is 28.3 Å². The van der Waals surface area contributed by atoms with Crippen LogP contribution in [0.1, 0.15) is 83.2 Å². The number of aliphatic carboxylic acids is 1. The molecule has 0 spiro atoms. The first-order valence-electron chi connectivity index (χ1n) is 12.8. The highest BCUT2D eigenvalue weighted by atomic mass is 35.5. The molecule has 1 N–H and O–H groups in total. The SMILES string of the molecule is CC1CCC(Oc2ccc3cc(C(C)N4C5CCCC4CC(C(=O)O)C5)ccc3c2Cl)CC1. The Morgan fingerprint density at radius 3 is 2.42 bits per heavy atom. The van der Waals surface area contributed by atoms with E-state index in [1.807, 2.05) is 6.07 Å². The second-order valence-electron chi connectivity index (χ2n) is 10.7. The number of hydrogen-bond donors (Lipinski definition) is 1. The predicted octanol–water partition coefficient (Wildman–Crippen LogP) is 7.23. The fourth-order valence-electron chi connectivity index (χ4n) is 6.59. The fourth-order valence-corrected chi connectivity index (χ4v) is 6.87. The Morgan fingerprint density at radius 1 is 1.06 bits per heavy atom. The van der Waals surface area contributed by atoms with E-state index in [2.05, 4.69) is 43.0 Å². The minimum Gasteiger partial charge on any atom is -0.489 e. The number of carbonyl (C=O) groups is 1. The van der Waals surface area contributed by atoms with Gasteiger partial charge in [-0.15, -0.1) is 0 Å². The van der Waals surface area contributed by atoms with E-state index in [0.29, 0.717) is 17.1 Å². The Labute approximate surface area is 202 Å². The van der Waals surface area contributed by atoms with Gasteiger partial charge in [-0.05, 0) is 87.3 Å². The summed E-state index contributed by atoms with van der Waals surface area (Å²) >= 11 is 6.80. The van der Waals surface area contributed by atoms with Crippen molar-refractivity contribution in [3.63, 3.8) is 0 Å². The van der Waals surface area contributed by atoms with Gasteiger partial charge in [-0.25, -0.2) is 0 Å². The fraction of sp³-hybridized carbons (Fsp3) is 0.607. The van der Waals surface area contributed by atoms with E-state index in [-0.39, 0.29) is 18.1 Å². The zero-order valence-electron chi connectivity index (χ0n) is 19.8. The molecule has 2 aromatic rings. The number of fused-ring (bicyclic) bond motifs is 3. The molecular formula is C28H36ClNO3. The molecule has 1 aliphatic carbocycles. The summed E-state index contributed by atoms with van der Waals surface area (Å²) in [5.74, 6) is 0.784. The van der Waals surface area contributed by atoms with E-state index in [1.54, 1.807) is 0 Å². The van der Waals surface area contributed by atoms with E-state index in [0.717, 1.165) is 61.0 Å². The van der Waals surface area contributed by atoms with Crippen molar-refractivity contribution in [2.24, 2.45) is 11.8 Å². The Kier molecular flexibility index (Phi) is 6.59. The number of nitrogens with zero attached hydrogens (tertiary/aromatic N) is 1. The molecule has 0 aromatic heterocycles. The van der Waals surface area contributed by atoms with Gasteiger partial charge in [-0.1, -0.05) is 43.1 Å². The maximum absolute atomic E-state index is 11.6. The minimum atomic E-state index is -0.625. The Balaban J connectivity index is 1.35. The Hall–Kier alpha value is -1.78. The van der Waals surface area contributed by atoms with Crippen molar-refractivity contribution in [3.8, 4) is 5.75 Å². The van der Waals surface area contributed by atoms with Gasteiger partial charge in [0.15, 0.2) is 0 Å². The van der Waals surface area contributed by atoms with Crippen LogP contribution < -0.4 is 4.74 Å². The van der Waals surface area contributed by atoms with Crippen LogP contribution >= 0.6 is 11.6 Å². The summed E-state index contributed by atoms with van der Waals surface area (Å²) in [6.45, 7) is 4.59. The van der Waals surface area contributed by atoms with Gasteiger partial charge in [-0.2, -0.15) is 0 Å². The molecule has 2 heterocycles. The van der Waals surface area contributed by atoms with E-state index >= 15 is 0 Å². The van der Waals surface area contributed by atoms with E-state index < -0.39 is 5.97 Å². The number of hydrogen-bond acceptors (Lipinski definition) is 3. The lowest BCUT2D eigenvalue weighted by Gasteiger charge is -2.51. The molecule has 2 aromatic carbocycles. The summed E-state index contributed by atoms with van der Waals surface area (Å²) in [6, 6.07) is 11.8. The smallest absolute Gasteiger partial charge is 0.306 e. The molecule has 2 aliphatic heterocycles. The quantitative estimate of drug-likeness (QED) is 0.501. The highest BCUT2D eigenvalue weighted by molar-refractivity contribution is 6.37. The molecular weight excluding hydrogens is 434 g/mol. The van der Waals surface area contributed by atoms with Crippen LogP contribution in [0.3, 0.4) is 0 Å². The number of ether oxygens (including phenoxy) is 1. The number of halogens is 1. The first kappa shape index (κ1) is 23.0. The molecule has 3 aliphatic rings. The van der Waals surface area contributed by atoms with Gasteiger partial charge in [0, 0.05) is 23.5 Å². The molecule has 2 bridgehead atoms. The monoisotopic (exact) mass is 469 g/mol. The number of piperidine rings is 2. The Morgan fingerprint density at radius 2 is 1.76 bits per heavy atom. The zero-order valence-corrected chi connectivity index (χ0v) is 20.6. The van der Waals surface area contributed by atoms with Crippen molar-refractivity contribution < 1.29 is 14.6 Å². The molecule has 3 fully saturated rings. The normalized spacial score (nSPS) is 31.3. The first-order chi connectivity index (χ1) is 15.9. The van der Waals surface area contributed by atoms with Gasteiger partial charge in [0.05, 0.1) is 17.0 Å². The molecule has 3 atom stereocenters. The Bertz CT molecular complexity index is 1000. The minimum absolute atomic E-state index is 0.190. The summed E-state index contributed by atoms with van der Waals surface area (Å²) in [5, 5.41) is 12.5. The summed E-state index contributed by atoms with van der Waals surface area (Å²) in [6.07, 6.45) is 9.89. The van der Waals surface area contributed by atoms with Crippen molar-refractivity contribution in [1.29, 1.82) is 0 Å². The molecule has 0 amide bonds. The molecule has 4 nitrogen and oxygen atoms in total. The predicted molar refractivity (Wildman–Crippen MR) is 133 cm³/mol. The van der Waals surface area contributed by atoms with Gasteiger partial charge >= 0.3 is 5.97 Å². The van der Waals surface area contributed by atoms with Crippen molar-refractivity contribution in [3.05, 3.63) is 40.9 Å². The van der Waals surface area contributed by atoms with Gasteiger partial charge < -0.3 is 9.84 Å². The zero-order chi connectivity index (χ0) is 23.1. The second kappa shape index (κ2) is 9.46. The van der Waals surface area contributed by atoms with Crippen LogP contribution in [0.2, 0.25) is 5.02 Å². The molecule has 1 saturated carbocycles. The van der Waals surface area contributed by atoms with Crippen LogP contribution in [0.5, 0.6) is 5.75 Å². The van der Waals surface area contributed by atoms with Gasteiger partial charge in [0.1, 0.15) is 5.75 Å². The third-order valence-corrected chi connectivity index (χ3v) is 8.90. The van der Waals surface area contributed by atoms with Gasteiger partial charge in [-0.3, -0.25) is 9.69 Å². The average molecular weight is 470 g/mol. The maximum Gasteiger partial charge on any atom is 0.306 e. The van der Waals surface area contributed by atoms with Crippen molar-refractivity contribution in [1.82, 2.24) is 4.90 Å². The van der Waals surface area contributed by atoms with Crippen LogP contribution in [0.15, 0.2) is 30.3 Å². The van der Waals surface area contributed by atoms with Crippen LogP contribution in [0, 0.1) is 11.8 Å². The summed E-state index contributed by atoms with van der Waals surface area (Å²) in [7, 11) is 0. The average Bonchev–Trinajstić information content (AvgIpc) is 2.80. The van der Waals surface area contributed by atoms with Gasteiger partial charge in [0.2, 0.25) is 0 Å². The molecule has 33 heavy (non-hydrogen) atoms. The van der Waals surface area contributed by atoms with Crippen LogP contribution in [-0.4, -0.2) is 34.2 Å². The highest BCUT2D eigenvalue weighted by Gasteiger charge is 2.42. The first-order valence-corrected chi connectivity index (χ1v) is 13.2. The molecule has 2 saturated heterocycles. The van der Waals surface area contributed by atoms with Crippen LogP contribution in [0.25, 0.3) is 10.8 Å². The van der Waals surface area contributed by atoms with E-state index in [1.165, 1.54) is 24.8 Å². The van der Waals surface area contributed by atoms with E-state index in [9.17, 15) is 9.90 Å². The highest BCUT2D eigenvalue weighted by Crippen LogP contribution is 2.43. The number of benzene rings is 2. The lowest BCUT2D eigenvalue weighted by molar-refractivity contribution is -0.147. The van der Waals surface area contributed by atoms with Gasteiger partial charge in [0.25, 0.3) is 0 Å². The molecule has 3 unspecified atom stereocenters. The largest absolute Gasteiger partial charge is 0.489 e. The van der Waals surface area contributed by atoms with Crippen LogP contribution in [-0.2, 0) is 4.79 Å². The summed E-state index contributed by atoms with van der Waals surface area (Å²) < 4.78 is 6.31. The number of rotatable bonds is 5. The van der Waals surface area contributed by atoms with Crippen molar-refractivity contribution in [2.75, 3.05) is 0 Å². The van der Waals surface area contributed by atoms with E-state index in [4.69, 9.17) is 16.3 Å². The van der Waals surface area contributed by atoms with Crippen LogP contribution in [0.4, 0.5) is 0 Å². The molecule has 5 rings (SSSR count). The summed E-state index contributed by atoms with van der Waals surface area (Å²) in [4.78, 5) is 14.2. The summed E-state index contributed by atoms with van der Waals surface area (Å²) in [5.41, 5.74) is 1.28. The second-order valence-corrected chi connectivity index (χ2v) is 11.1. The maximum atomic E-state index is 11.6. The molecule has 5 heteroatoms. The lowest BCUT2D eigenvalue weighted by Crippen LogP contribution is -2.53. The topological polar surface area (TPSA) is 49.8 Å².